The Labute approximate surface area is 122 Å². The highest BCUT2D eigenvalue weighted by atomic mass is 32.2. The lowest BCUT2D eigenvalue weighted by Gasteiger charge is -2.26. The molecule has 0 bridgehead atoms. The van der Waals surface area contributed by atoms with Gasteiger partial charge in [-0.25, -0.2) is 8.42 Å². The van der Waals surface area contributed by atoms with Crippen molar-refractivity contribution < 1.29 is 8.42 Å². The van der Waals surface area contributed by atoms with Gasteiger partial charge in [0.25, 0.3) is 0 Å². The van der Waals surface area contributed by atoms with Crippen LogP contribution >= 0.6 is 0 Å². The van der Waals surface area contributed by atoms with E-state index in [4.69, 9.17) is 0 Å². The van der Waals surface area contributed by atoms with Crippen molar-refractivity contribution in [2.75, 3.05) is 30.0 Å². The maximum absolute atomic E-state index is 11.6. The van der Waals surface area contributed by atoms with Crippen LogP contribution in [0.2, 0.25) is 0 Å². The van der Waals surface area contributed by atoms with Crippen LogP contribution < -0.4 is 10.2 Å². The summed E-state index contributed by atoms with van der Waals surface area (Å²) in [7, 11) is -0.849. The molecule has 0 radical (unpaired) electrons. The topological polar surface area (TPSA) is 49.4 Å². The van der Waals surface area contributed by atoms with Gasteiger partial charge in [-0.3, -0.25) is 0 Å². The Morgan fingerprint density at radius 2 is 2.00 bits per heavy atom. The van der Waals surface area contributed by atoms with Crippen molar-refractivity contribution in [2.45, 2.75) is 32.4 Å². The average molecular weight is 296 g/mol. The maximum Gasteiger partial charge on any atom is 0.152 e. The predicted molar refractivity (Wildman–Crippen MR) is 84.0 cm³/mol. The molecule has 2 unspecified atom stereocenters. The number of benzene rings is 1. The molecule has 1 aromatic rings. The lowest BCUT2D eigenvalue weighted by atomic mass is 10.1. The molecular formula is C15H24N2O2S. The molecule has 20 heavy (non-hydrogen) atoms. The molecule has 0 amide bonds. The number of rotatable bonds is 5. The fourth-order valence-electron chi connectivity index (χ4n) is 2.71. The molecule has 1 aliphatic rings. The molecule has 2 rings (SSSR count). The summed E-state index contributed by atoms with van der Waals surface area (Å²) in [6, 6.07) is 8.83. The molecule has 1 N–H and O–H groups in total. The van der Waals surface area contributed by atoms with Crippen LogP contribution in [0.25, 0.3) is 0 Å². The van der Waals surface area contributed by atoms with E-state index in [2.05, 4.69) is 48.3 Å². The average Bonchev–Trinajstić information content (AvgIpc) is 2.79. The molecule has 1 aromatic carbocycles. The standard InChI is InChI=1S/C15H24N2O2S/c1-4-16-12(2)13-5-7-14(8-6-13)17(3)15-9-10-20(18,19)11-15/h5-8,12,15-16H,4,9-11H2,1-3H3. The van der Waals surface area contributed by atoms with Crippen molar-refractivity contribution in [2.24, 2.45) is 0 Å². The van der Waals surface area contributed by atoms with Crippen LogP contribution in [0.4, 0.5) is 5.69 Å². The van der Waals surface area contributed by atoms with E-state index in [1.165, 1.54) is 5.56 Å². The van der Waals surface area contributed by atoms with Gasteiger partial charge in [-0.15, -0.1) is 0 Å². The van der Waals surface area contributed by atoms with Crippen LogP contribution in [0.5, 0.6) is 0 Å². The van der Waals surface area contributed by atoms with Gasteiger partial charge in [0.2, 0.25) is 0 Å². The predicted octanol–water partition coefficient (Wildman–Crippen LogP) is 1.98. The first-order valence-electron chi connectivity index (χ1n) is 7.19. The van der Waals surface area contributed by atoms with E-state index in [-0.39, 0.29) is 11.8 Å². The minimum Gasteiger partial charge on any atom is -0.371 e. The minimum atomic E-state index is -2.83. The van der Waals surface area contributed by atoms with Crippen molar-refractivity contribution in [3.8, 4) is 0 Å². The second kappa shape index (κ2) is 6.14. The van der Waals surface area contributed by atoms with Crippen LogP contribution in [0.1, 0.15) is 31.9 Å². The Morgan fingerprint density at radius 3 is 2.50 bits per heavy atom. The lowest BCUT2D eigenvalue weighted by Crippen LogP contribution is -2.32. The second-order valence-corrected chi connectivity index (χ2v) is 7.77. The first-order chi connectivity index (χ1) is 9.43. The van der Waals surface area contributed by atoms with E-state index in [9.17, 15) is 8.42 Å². The molecule has 1 saturated heterocycles. The fraction of sp³-hybridized carbons (Fsp3) is 0.600. The van der Waals surface area contributed by atoms with Crippen molar-refractivity contribution >= 4 is 15.5 Å². The smallest absolute Gasteiger partial charge is 0.152 e. The minimum absolute atomic E-state index is 0.108. The maximum atomic E-state index is 11.6. The van der Waals surface area contributed by atoms with Gasteiger partial charge < -0.3 is 10.2 Å². The third-order valence-corrected chi connectivity index (χ3v) is 5.82. The highest BCUT2D eigenvalue weighted by Gasteiger charge is 2.30. The molecule has 1 fully saturated rings. The van der Waals surface area contributed by atoms with E-state index in [1.54, 1.807) is 0 Å². The number of anilines is 1. The number of nitrogens with zero attached hydrogens (tertiary/aromatic N) is 1. The van der Waals surface area contributed by atoms with Crippen molar-refractivity contribution in [1.82, 2.24) is 5.32 Å². The summed E-state index contributed by atoms with van der Waals surface area (Å²) in [5.74, 6) is 0.594. The number of hydrogen-bond acceptors (Lipinski definition) is 4. The summed E-state index contributed by atoms with van der Waals surface area (Å²) in [5.41, 5.74) is 2.34. The Morgan fingerprint density at radius 1 is 1.35 bits per heavy atom. The quantitative estimate of drug-likeness (QED) is 0.902. The Balaban J connectivity index is 2.06. The number of nitrogens with one attached hydrogen (secondary N) is 1. The monoisotopic (exact) mass is 296 g/mol. The molecule has 1 aliphatic heterocycles. The van der Waals surface area contributed by atoms with E-state index < -0.39 is 9.84 Å². The molecule has 5 heteroatoms. The van der Waals surface area contributed by atoms with Gasteiger partial charge in [-0.2, -0.15) is 0 Å². The molecule has 0 spiro atoms. The van der Waals surface area contributed by atoms with Gasteiger partial charge >= 0.3 is 0 Å². The van der Waals surface area contributed by atoms with Gasteiger partial charge in [0.15, 0.2) is 9.84 Å². The van der Waals surface area contributed by atoms with Crippen LogP contribution in [0.3, 0.4) is 0 Å². The van der Waals surface area contributed by atoms with Crippen LogP contribution in [-0.4, -0.2) is 39.6 Å². The fourth-order valence-corrected chi connectivity index (χ4v) is 4.49. The van der Waals surface area contributed by atoms with E-state index in [1.807, 2.05) is 7.05 Å². The third-order valence-electron chi connectivity index (χ3n) is 4.07. The zero-order valence-corrected chi connectivity index (χ0v) is 13.3. The zero-order valence-electron chi connectivity index (χ0n) is 12.5. The Bertz CT molecular complexity index is 539. The molecule has 4 nitrogen and oxygen atoms in total. The van der Waals surface area contributed by atoms with E-state index >= 15 is 0 Å². The molecule has 2 atom stereocenters. The Hall–Kier alpha value is -1.07. The van der Waals surface area contributed by atoms with Gasteiger partial charge in [0.1, 0.15) is 0 Å². The lowest BCUT2D eigenvalue weighted by molar-refractivity contribution is 0.598. The van der Waals surface area contributed by atoms with Crippen LogP contribution in [0, 0.1) is 0 Å². The third kappa shape index (κ3) is 3.52. The van der Waals surface area contributed by atoms with Gasteiger partial charge in [-0.05, 0) is 37.6 Å². The van der Waals surface area contributed by atoms with E-state index in [0.29, 0.717) is 11.8 Å². The van der Waals surface area contributed by atoms with Crippen LogP contribution in [-0.2, 0) is 9.84 Å². The molecule has 0 aromatic heterocycles. The van der Waals surface area contributed by atoms with Crippen molar-refractivity contribution in [3.63, 3.8) is 0 Å². The number of sulfone groups is 1. The zero-order chi connectivity index (χ0) is 14.8. The van der Waals surface area contributed by atoms with Crippen LogP contribution in [0.15, 0.2) is 24.3 Å². The van der Waals surface area contributed by atoms with Gasteiger partial charge in [0.05, 0.1) is 11.5 Å². The summed E-state index contributed by atoms with van der Waals surface area (Å²) < 4.78 is 23.1. The molecule has 112 valence electrons. The van der Waals surface area contributed by atoms with Crippen molar-refractivity contribution in [1.29, 1.82) is 0 Å². The molecular weight excluding hydrogens is 272 g/mol. The van der Waals surface area contributed by atoms with E-state index in [0.717, 1.165) is 18.7 Å². The van der Waals surface area contributed by atoms with Gasteiger partial charge in [0, 0.05) is 24.8 Å². The largest absolute Gasteiger partial charge is 0.371 e. The second-order valence-electron chi connectivity index (χ2n) is 5.54. The van der Waals surface area contributed by atoms with Crippen molar-refractivity contribution in [3.05, 3.63) is 29.8 Å². The summed E-state index contributed by atoms with van der Waals surface area (Å²) >= 11 is 0. The molecule has 1 heterocycles. The molecule has 0 aliphatic carbocycles. The highest BCUT2D eigenvalue weighted by Crippen LogP contribution is 2.24. The first kappa shape index (κ1) is 15.3. The molecule has 0 saturated carbocycles. The Kier molecular flexibility index (Phi) is 4.70. The van der Waals surface area contributed by atoms with Gasteiger partial charge in [-0.1, -0.05) is 19.1 Å². The SMILES string of the molecule is CCNC(C)c1ccc(N(C)C2CCS(=O)(=O)C2)cc1. The summed E-state index contributed by atoms with van der Waals surface area (Å²) in [6.45, 7) is 5.19. The number of hydrogen-bond donors (Lipinski definition) is 1. The summed E-state index contributed by atoms with van der Waals surface area (Å²) in [5, 5.41) is 3.38. The summed E-state index contributed by atoms with van der Waals surface area (Å²) in [4.78, 5) is 2.09. The highest BCUT2D eigenvalue weighted by molar-refractivity contribution is 7.91. The first-order valence-corrected chi connectivity index (χ1v) is 9.01. The normalized spacial score (nSPS) is 22.6. The summed E-state index contributed by atoms with van der Waals surface area (Å²) in [6.07, 6.45) is 0.731.